The average Bonchev–Trinajstić information content (AvgIpc) is 2.34. The van der Waals surface area contributed by atoms with E-state index >= 15 is 0 Å². The smallest absolute Gasteiger partial charge is 0.0997 e. The number of nitrogens with zero attached hydrogens (tertiary/aromatic N) is 1. The molecule has 0 bridgehead atoms. The third kappa shape index (κ3) is 3.35. The zero-order valence-corrected chi connectivity index (χ0v) is 12.3. The van der Waals surface area contributed by atoms with Crippen molar-refractivity contribution in [2.75, 3.05) is 0 Å². The fourth-order valence-electron chi connectivity index (χ4n) is 2.67. The van der Waals surface area contributed by atoms with E-state index in [9.17, 15) is 5.26 Å². The molecule has 0 spiro atoms. The standard InChI is InChI=1S/C17H25N/c1-5-7-8-10-16-14(4)17(12-18)13(3)11-15(16)9-6-2/h11H,5-10H2,1-4H3. The zero-order valence-electron chi connectivity index (χ0n) is 12.3. The van der Waals surface area contributed by atoms with Gasteiger partial charge in [0, 0.05) is 0 Å². The normalized spacial score (nSPS) is 10.4. The van der Waals surface area contributed by atoms with E-state index in [0.29, 0.717) is 0 Å². The van der Waals surface area contributed by atoms with Crippen LogP contribution >= 0.6 is 0 Å². The Bertz CT molecular complexity index is 438. The highest BCUT2D eigenvalue weighted by molar-refractivity contribution is 5.51. The van der Waals surface area contributed by atoms with Gasteiger partial charge in [0.2, 0.25) is 0 Å². The summed E-state index contributed by atoms with van der Waals surface area (Å²) in [7, 11) is 0. The first-order valence-electron chi connectivity index (χ1n) is 7.17. The molecule has 0 heterocycles. The van der Waals surface area contributed by atoms with Gasteiger partial charge >= 0.3 is 0 Å². The maximum Gasteiger partial charge on any atom is 0.0997 e. The Kier molecular flexibility index (Phi) is 5.92. The number of nitriles is 1. The van der Waals surface area contributed by atoms with Crippen LogP contribution in [-0.2, 0) is 12.8 Å². The van der Waals surface area contributed by atoms with Gasteiger partial charge in [-0.3, -0.25) is 0 Å². The first-order valence-corrected chi connectivity index (χ1v) is 7.17. The predicted molar refractivity (Wildman–Crippen MR) is 77.9 cm³/mol. The number of hydrogen-bond acceptors (Lipinski definition) is 1. The largest absolute Gasteiger partial charge is 0.192 e. The summed E-state index contributed by atoms with van der Waals surface area (Å²) < 4.78 is 0. The van der Waals surface area contributed by atoms with Crippen LogP contribution in [0.5, 0.6) is 0 Å². The van der Waals surface area contributed by atoms with Gasteiger partial charge in [-0.25, -0.2) is 0 Å². The predicted octanol–water partition coefficient (Wildman–Crippen LogP) is 4.86. The van der Waals surface area contributed by atoms with Gasteiger partial charge < -0.3 is 0 Å². The fraction of sp³-hybridized carbons (Fsp3) is 0.588. The second-order valence-electron chi connectivity index (χ2n) is 5.15. The second-order valence-corrected chi connectivity index (χ2v) is 5.15. The molecule has 1 aromatic rings. The zero-order chi connectivity index (χ0) is 13.5. The molecule has 0 saturated heterocycles. The third-order valence-electron chi connectivity index (χ3n) is 3.66. The Labute approximate surface area is 112 Å². The van der Waals surface area contributed by atoms with Crippen molar-refractivity contribution in [3.05, 3.63) is 33.9 Å². The van der Waals surface area contributed by atoms with Gasteiger partial charge in [-0.1, -0.05) is 39.2 Å². The van der Waals surface area contributed by atoms with Gasteiger partial charge in [0.05, 0.1) is 11.6 Å². The molecule has 1 aromatic carbocycles. The fourth-order valence-corrected chi connectivity index (χ4v) is 2.67. The summed E-state index contributed by atoms with van der Waals surface area (Å²) in [5, 5.41) is 9.27. The maximum atomic E-state index is 9.27. The number of aryl methyl sites for hydroxylation is 2. The van der Waals surface area contributed by atoms with Gasteiger partial charge in [-0.15, -0.1) is 0 Å². The monoisotopic (exact) mass is 243 g/mol. The first-order chi connectivity index (χ1) is 8.65. The summed E-state index contributed by atoms with van der Waals surface area (Å²) in [6, 6.07) is 4.60. The van der Waals surface area contributed by atoms with Gasteiger partial charge in [0.1, 0.15) is 0 Å². The van der Waals surface area contributed by atoms with E-state index < -0.39 is 0 Å². The highest BCUT2D eigenvalue weighted by Crippen LogP contribution is 2.25. The van der Waals surface area contributed by atoms with Gasteiger partial charge in [0.25, 0.3) is 0 Å². The van der Waals surface area contributed by atoms with Crippen LogP contribution in [0.3, 0.4) is 0 Å². The van der Waals surface area contributed by atoms with Gasteiger partial charge in [-0.05, 0) is 55.4 Å². The van der Waals surface area contributed by atoms with E-state index in [1.165, 1.54) is 42.4 Å². The van der Waals surface area contributed by atoms with Crippen molar-refractivity contribution < 1.29 is 0 Å². The van der Waals surface area contributed by atoms with Crippen LogP contribution in [0.2, 0.25) is 0 Å². The molecule has 0 saturated carbocycles. The molecule has 0 atom stereocenters. The number of rotatable bonds is 6. The maximum absolute atomic E-state index is 9.27. The van der Waals surface area contributed by atoms with Crippen LogP contribution in [0.15, 0.2) is 6.07 Å². The minimum atomic E-state index is 0.890. The molecule has 1 rings (SSSR count). The third-order valence-corrected chi connectivity index (χ3v) is 3.66. The molecule has 0 aliphatic carbocycles. The van der Waals surface area contributed by atoms with Gasteiger partial charge in [0.15, 0.2) is 0 Å². The molecular formula is C17H25N. The first kappa shape index (κ1) is 14.8. The van der Waals surface area contributed by atoms with Crippen molar-refractivity contribution in [2.45, 2.75) is 66.2 Å². The average molecular weight is 243 g/mol. The quantitative estimate of drug-likeness (QED) is 0.654. The van der Waals surface area contributed by atoms with E-state index in [1.54, 1.807) is 0 Å². The highest BCUT2D eigenvalue weighted by atomic mass is 14.3. The second kappa shape index (κ2) is 7.21. The van der Waals surface area contributed by atoms with E-state index in [2.05, 4.69) is 39.8 Å². The Morgan fingerprint density at radius 2 is 1.78 bits per heavy atom. The molecule has 1 heteroatoms. The lowest BCUT2D eigenvalue weighted by Crippen LogP contribution is -2.03. The van der Waals surface area contributed by atoms with Crippen molar-refractivity contribution in [2.24, 2.45) is 0 Å². The number of benzene rings is 1. The summed E-state index contributed by atoms with van der Waals surface area (Å²) in [5.74, 6) is 0. The van der Waals surface area contributed by atoms with E-state index in [0.717, 1.165) is 24.0 Å². The minimum Gasteiger partial charge on any atom is -0.192 e. The summed E-state index contributed by atoms with van der Waals surface area (Å²) >= 11 is 0. The summed E-state index contributed by atoms with van der Waals surface area (Å²) in [6.45, 7) is 8.63. The molecule has 0 fully saturated rings. The Morgan fingerprint density at radius 3 is 2.33 bits per heavy atom. The van der Waals surface area contributed by atoms with E-state index in [4.69, 9.17) is 0 Å². The molecule has 0 N–H and O–H groups in total. The Balaban J connectivity index is 3.13. The SMILES string of the molecule is CCCCCc1c(CCC)cc(C)c(C#N)c1C. The lowest BCUT2D eigenvalue weighted by molar-refractivity contribution is 0.708. The van der Waals surface area contributed by atoms with E-state index in [-0.39, 0.29) is 0 Å². The van der Waals surface area contributed by atoms with Crippen LogP contribution in [0.1, 0.15) is 67.3 Å². The molecule has 0 aliphatic heterocycles. The van der Waals surface area contributed by atoms with Crippen molar-refractivity contribution >= 4 is 0 Å². The van der Waals surface area contributed by atoms with Crippen LogP contribution in [0, 0.1) is 25.2 Å². The molecule has 18 heavy (non-hydrogen) atoms. The van der Waals surface area contributed by atoms with Crippen molar-refractivity contribution in [3.8, 4) is 6.07 Å². The molecule has 0 amide bonds. The highest BCUT2D eigenvalue weighted by Gasteiger charge is 2.12. The Morgan fingerprint density at radius 1 is 1.06 bits per heavy atom. The van der Waals surface area contributed by atoms with Crippen molar-refractivity contribution in [1.82, 2.24) is 0 Å². The summed E-state index contributed by atoms with van der Waals surface area (Å²) in [4.78, 5) is 0. The molecule has 0 unspecified atom stereocenters. The van der Waals surface area contributed by atoms with Crippen LogP contribution < -0.4 is 0 Å². The number of unbranched alkanes of at least 4 members (excludes halogenated alkanes) is 2. The lowest BCUT2D eigenvalue weighted by Gasteiger charge is -2.15. The number of hydrogen-bond donors (Lipinski definition) is 0. The lowest BCUT2D eigenvalue weighted by atomic mass is 9.88. The van der Waals surface area contributed by atoms with Crippen LogP contribution in [-0.4, -0.2) is 0 Å². The molecule has 0 aromatic heterocycles. The molecular weight excluding hydrogens is 218 g/mol. The van der Waals surface area contributed by atoms with Gasteiger partial charge in [-0.2, -0.15) is 5.26 Å². The molecule has 0 radical (unpaired) electrons. The van der Waals surface area contributed by atoms with E-state index in [1.807, 2.05) is 0 Å². The summed E-state index contributed by atoms with van der Waals surface area (Å²) in [6.07, 6.45) is 7.20. The minimum absolute atomic E-state index is 0.890. The van der Waals surface area contributed by atoms with Crippen molar-refractivity contribution in [3.63, 3.8) is 0 Å². The Hall–Kier alpha value is -1.29. The van der Waals surface area contributed by atoms with Crippen molar-refractivity contribution in [1.29, 1.82) is 5.26 Å². The topological polar surface area (TPSA) is 23.8 Å². The van der Waals surface area contributed by atoms with Crippen LogP contribution in [0.25, 0.3) is 0 Å². The molecule has 98 valence electrons. The molecule has 0 aliphatic rings. The molecule has 1 nitrogen and oxygen atoms in total. The van der Waals surface area contributed by atoms with Crippen LogP contribution in [0.4, 0.5) is 0 Å². The summed E-state index contributed by atoms with van der Waals surface area (Å²) in [5.41, 5.74) is 6.14.